The molecular formula is C30H29BrFN3O. The van der Waals surface area contributed by atoms with Gasteiger partial charge in [0.15, 0.2) is 0 Å². The molecular weight excluding hydrogens is 517 g/mol. The lowest BCUT2D eigenvalue weighted by Crippen LogP contribution is -2.59. The standard InChI is InChI=1S/C30H29BrFN3O/c31-21-12-13-29-24(18-21)28-19-26(23-9-3-4-10-25(23)32)33-35(28)30(36-29)14-16-34(17-15-30)27-11-5-7-20-6-1-2-8-22(20)27/h1-4,6,8-10,12-13,18,27-28H,5,7,11,14-17,19H2/t27-,28+/m1/s1. The number of benzene rings is 3. The first-order valence-corrected chi connectivity index (χ1v) is 13.8. The topological polar surface area (TPSA) is 28.1 Å². The Balaban J connectivity index is 1.22. The summed E-state index contributed by atoms with van der Waals surface area (Å²) in [7, 11) is 0. The molecule has 0 saturated carbocycles. The van der Waals surface area contributed by atoms with Crippen molar-refractivity contribution < 1.29 is 9.13 Å². The summed E-state index contributed by atoms with van der Waals surface area (Å²) in [5, 5.41) is 7.25. The van der Waals surface area contributed by atoms with E-state index in [0.717, 1.165) is 47.4 Å². The molecule has 4 nitrogen and oxygen atoms in total. The quantitative estimate of drug-likeness (QED) is 0.347. The maximum Gasteiger partial charge on any atom is 0.200 e. The van der Waals surface area contributed by atoms with Crippen LogP contribution in [0.25, 0.3) is 0 Å². The van der Waals surface area contributed by atoms with E-state index in [2.05, 4.69) is 62.2 Å². The molecule has 2 atom stereocenters. The molecule has 0 aromatic heterocycles. The number of rotatable bonds is 2. The molecule has 0 N–H and O–H groups in total. The molecule has 0 bridgehead atoms. The zero-order valence-corrected chi connectivity index (χ0v) is 21.8. The number of aryl methyl sites for hydroxylation is 1. The van der Waals surface area contributed by atoms with E-state index < -0.39 is 5.72 Å². The highest BCUT2D eigenvalue weighted by Gasteiger charge is 2.52. The van der Waals surface area contributed by atoms with Gasteiger partial charge in [-0.2, -0.15) is 5.10 Å². The van der Waals surface area contributed by atoms with E-state index in [9.17, 15) is 4.39 Å². The van der Waals surface area contributed by atoms with Crippen LogP contribution in [0.5, 0.6) is 5.75 Å². The Kier molecular flexibility index (Phi) is 5.44. The van der Waals surface area contributed by atoms with Gasteiger partial charge in [0.05, 0.1) is 11.8 Å². The Labute approximate surface area is 219 Å². The van der Waals surface area contributed by atoms with Crippen molar-refractivity contribution in [2.24, 2.45) is 5.10 Å². The van der Waals surface area contributed by atoms with Gasteiger partial charge >= 0.3 is 0 Å². The van der Waals surface area contributed by atoms with Gasteiger partial charge in [-0.15, -0.1) is 0 Å². The first-order valence-electron chi connectivity index (χ1n) is 13.0. The molecule has 0 amide bonds. The molecule has 1 spiro atoms. The van der Waals surface area contributed by atoms with Crippen LogP contribution in [0.2, 0.25) is 0 Å². The van der Waals surface area contributed by atoms with Gasteiger partial charge in [0.1, 0.15) is 11.6 Å². The molecule has 0 unspecified atom stereocenters. The molecule has 3 aliphatic heterocycles. The van der Waals surface area contributed by atoms with Crippen LogP contribution in [-0.4, -0.2) is 34.4 Å². The zero-order valence-electron chi connectivity index (χ0n) is 20.2. The Morgan fingerprint density at radius 1 is 0.944 bits per heavy atom. The monoisotopic (exact) mass is 545 g/mol. The van der Waals surface area contributed by atoms with Gasteiger partial charge in [-0.25, -0.2) is 9.40 Å². The smallest absolute Gasteiger partial charge is 0.200 e. The Morgan fingerprint density at radius 2 is 1.75 bits per heavy atom. The fraction of sp³-hybridized carbons (Fsp3) is 0.367. The average Bonchev–Trinajstić information content (AvgIpc) is 3.37. The number of piperidine rings is 1. The van der Waals surface area contributed by atoms with Gasteiger partial charge in [0, 0.05) is 54.0 Å². The summed E-state index contributed by atoms with van der Waals surface area (Å²) in [5.74, 6) is 0.715. The van der Waals surface area contributed by atoms with E-state index >= 15 is 0 Å². The van der Waals surface area contributed by atoms with Crippen molar-refractivity contribution in [1.82, 2.24) is 9.91 Å². The first kappa shape index (κ1) is 22.5. The number of hydrogen-bond acceptors (Lipinski definition) is 4. The van der Waals surface area contributed by atoms with Crippen LogP contribution < -0.4 is 4.74 Å². The predicted octanol–water partition coefficient (Wildman–Crippen LogP) is 7.00. The third-order valence-corrected chi connectivity index (χ3v) is 8.99. The van der Waals surface area contributed by atoms with E-state index in [1.807, 2.05) is 18.2 Å². The normalized spacial score (nSPS) is 24.5. The van der Waals surface area contributed by atoms with Crippen molar-refractivity contribution in [3.8, 4) is 5.75 Å². The molecule has 36 heavy (non-hydrogen) atoms. The van der Waals surface area contributed by atoms with Crippen molar-refractivity contribution in [1.29, 1.82) is 0 Å². The number of ether oxygens (including phenoxy) is 1. The molecule has 3 aromatic rings. The fourth-order valence-electron chi connectivity index (χ4n) is 6.73. The van der Waals surface area contributed by atoms with Gasteiger partial charge in [0.25, 0.3) is 0 Å². The third kappa shape index (κ3) is 3.60. The summed E-state index contributed by atoms with van der Waals surface area (Å²) < 4.78 is 22.6. The van der Waals surface area contributed by atoms with Crippen molar-refractivity contribution in [3.05, 3.63) is 99.3 Å². The minimum Gasteiger partial charge on any atom is -0.466 e. The molecule has 7 rings (SSSR count). The number of nitrogens with zero attached hydrogens (tertiary/aromatic N) is 3. The van der Waals surface area contributed by atoms with Crippen molar-refractivity contribution in [2.45, 2.75) is 56.3 Å². The van der Waals surface area contributed by atoms with Crippen LogP contribution in [-0.2, 0) is 6.42 Å². The minimum absolute atomic E-state index is 0.0443. The minimum atomic E-state index is -0.511. The first-order chi connectivity index (χ1) is 17.6. The zero-order chi connectivity index (χ0) is 24.3. The number of hydrazone groups is 1. The third-order valence-electron chi connectivity index (χ3n) is 8.50. The number of halogens is 2. The van der Waals surface area contributed by atoms with Crippen LogP contribution in [0.15, 0.2) is 76.3 Å². The highest BCUT2D eigenvalue weighted by Crippen LogP contribution is 2.51. The van der Waals surface area contributed by atoms with Crippen molar-refractivity contribution in [3.63, 3.8) is 0 Å². The summed E-state index contributed by atoms with van der Waals surface area (Å²) in [6.07, 6.45) is 6.05. The second-order valence-corrected chi connectivity index (χ2v) is 11.4. The van der Waals surface area contributed by atoms with Gasteiger partial charge < -0.3 is 4.74 Å². The lowest BCUT2D eigenvalue weighted by molar-refractivity contribution is -0.153. The van der Waals surface area contributed by atoms with E-state index in [0.29, 0.717) is 18.0 Å². The summed E-state index contributed by atoms with van der Waals surface area (Å²) in [6.45, 7) is 1.91. The molecule has 3 aromatic carbocycles. The van der Waals surface area contributed by atoms with E-state index in [1.165, 1.54) is 36.5 Å². The highest BCUT2D eigenvalue weighted by atomic mass is 79.9. The molecule has 6 heteroatoms. The largest absolute Gasteiger partial charge is 0.466 e. The molecule has 3 heterocycles. The van der Waals surface area contributed by atoms with E-state index in [-0.39, 0.29) is 11.9 Å². The van der Waals surface area contributed by atoms with E-state index in [4.69, 9.17) is 9.84 Å². The van der Waals surface area contributed by atoms with Crippen LogP contribution in [0.4, 0.5) is 4.39 Å². The second kappa shape index (κ2) is 8.70. The molecule has 0 radical (unpaired) electrons. The summed E-state index contributed by atoms with van der Waals surface area (Å²) >= 11 is 3.63. The van der Waals surface area contributed by atoms with Crippen LogP contribution >= 0.6 is 15.9 Å². The van der Waals surface area contributed by atoms with Crippen LogP contribution in [0.1, 0.15) is 66.4 Å². The van der Waals surface area contributed by atoms with Crippen LogP contribution in [0.3, 0.4) is 0 Å². The number of fused-ring (bicyclic) bond motifs is 5. The number of likely N-dealkylation sites (tertiary alicyclic amines) is 1. The van der Waals surface area contributed by atoms with Crippen molar-refractivity contribution in [2.75, 3.05) is 13.1 Å². The van der Waals surface area contributed by atoms with Gasteiger partial charge in [-0.3, -0.25) is 4.90 Å². The number of hydrogen-bond donors (Lipinski definition) is 0. The fourth-order valence-corrected chi connectivity index (χ4v) is 7.11. The Morgan fingerprint density at radius 3 is 2.61 bits per heavy atom. The summed E-state index contributed by atoms with van der Waals surface area (Å²) in [5.41, 5.74) is 5.00. The second-order valence-electron chi connectivity index (χ2n) is 10.5. The Bertz CT molecular complexity index is 1350. The molecule has 4 aliphatic rings. The average molecular weight is 546 g/mol. The summed E-state index contributed by atoms with van der Waals surface area (Å²) in [6, 6.07) is 22.7. The lowest BCUT2D eigenvalue weighted by atomic mass is 9.84. The van der Waals surface area contributed by atoms with Crippen LogP contribution in [0, 0.1) is 5.82 Å². The lowest BCUT2D eigenvalue weighted by Gasteiger charge is -2.52. The van der Waals surface area contributed by atoms with E-state index in [1.54, 1.807) is 6.07 Å². The highest BCUT2D eigenvalue weighted by molar-refractivity contribution is 9.10. The molecule has 1 aliphatic carbocycles. The van der Waals surface area contributed by atoms with Gasteiger partial charge in [-0.1, -0.05) is 58.4 Å². The molecule has 1 fully saturated rings. The summed E-state index contributed by atoms with van der Waals surface area (Å²) in [4.78, 5) is 2.65. The Hall–Kier alpha value is -2.70. The molecule has 1 saturated heterocycles. The van der Waals surface area contributed by atoms with Crippen molar-refractivity contribution >= 4 is 21.6 Å². The maximum absolute atomic E-state index is 14.7. The molecule has 184 valence electrons. The van der Waals surface area contributed by atoms with Gasteiger partial charge in [-0.05, 0) is 54.7 Å². The SMILES string of the molecule is Fc1ccccc1C1=NN2[C@@H](C1)c1cc(Br)ccc1OC21CCN([C@@H]2CCCc3ccccc32)CC1. The maximum atomic E-state index is 14.7. The van der Waals surface area contributed by atoms with Gasteiger partial charge in [0.2, 0.25) is 5.72 Å². The predicted molar refractivity (Wildman–Crippen MR) is 143 cm³/mol.